The van der Waals surface area contributed by atoms with E-state index in [9.17, 15) is 4.79 Å². The third-order valence-electron chi connectivity index (χ3n) is 4.09. The summed E-state index contributed by atoms with van der Waals surface area (Å²) < 4.78 is 5.71. The van der Waals surface area contributed by atoms with Crippen molar-refractivity contribution in [3.8, 4) is 10.7 Å². The number of nitrogens with zero attached hydrogens (tertiary/aromatic N) is 4. The number of aromatic nitrogens is 3. The lowest BCUT2D eigenvalue weighted by Crippen LogP contribution is -2.48. The maximum absolute atomic E-state index is 12.8. The molecule has 1 saturated heterocycles. The van der Waals surface area contributed by atoms with E-state index in [1.165, 1.54) is 11.3 Å². The van der Waals surface area contributed by atoms with Gasteiger partial charge in [0.15, 0.2) is 0 Å². The molecule has 0 spiro atoms. The summed E-state index contributed by atoms with van der Waals surface area (Å²) in [4.78, 5) is 28.9. The lowest BCUT2D eigenvalue weighted by Gasteiger charge is -2.35. The fourth-order valence-electron chi connectivity index (χ4n) is 3.05. The molecular weight excluding hydrogens is 336 g/mol. The van der Waals surface area contributed by atoms with Gasteiger partial charge in [0.2, 0.25) is 0 Å². The normalized spacial score (nSPS) is 21.0. The van der Waals surface area contributed by atoms with E-state index in [0.29, 0.717) is 18.0 Å². The molecule has 25 heavy (non-hydrogen) atoms. The Labute approximate surface area is 152 Å². The molecule has 1 aliphatic rings. The molecule has 6 nitrogen and oxygen atoms in total. The Morgan fingerprint density at radius 2 is 1.92 bits per heavy atom. The predicted octanol–water partition coefficient (Wildman–Crippen LogP) is 3.28. The van der Waals surface area contributed by atoms with Crippen molar-refractivity contribution in [1.29, 1.82) is 0 Å². The third kappa shape index (κ3) is 3.88. The van der Waals surface area contributed by atoms with E-state index >= 15 is 0 Å². The molecule has 1 amide bonds. The Bertz CT molecular complexity index is 764. The van der Waals surface area contributed by atoms with Gasteiger partial charge in [0.25, 0.3) is 5.91 Å². The molecule has 0 aliphatic carbocycles. The van der Waals surface area contributed by atoms with Gasteiger partial charge in [-0.05, 0) is 26.7 Å². The quantitative estimate of drug-likeness (QED) is 0.840. The number of morpholine rings is 1. The summed E-state index contributed by atoms with van der Waals surface area (Å²) in [5.41, 5.74) is 2.54. The smallest absolute Gasteiger partial charge is 0.265 e. The lowest BCUT2D eigenvalue weighted by molar-refractivity contribution is -0.0585. The highest BCUT2D eigenvalue weighted by Gasteiger charge is 2.28. The van der Waals surface area contributed by atoms with Crippen molar-refractivity contribution in [1.82, 2.24) is 19.9 Å². The van der Waals surface area contributed by atoms with Crippen LogP contribution in [0, 0.1) is 6.92 Å². The number of carbonyl (C=O) groups is 1. The molecule has 134 valence electrons. The fourth-order valence-corrected chi connectivity index (χ4v) is 3.93. The molecule has 2 aromatic heterocycles. The number of carbonyl (C=O) groups excluding carboxylic acids is 1. The maximum Gasteiger partial charge on any atom is 0.265 e. The summed E-state index contributed by atoms with van der Waals surface area (Å²) in [5.74, 6) is 0.254. The van der Waals surface area contributed by atoms with E-state index in [-0.39, 0.29) is 24.0 Å². The van der Waals surface area contributed by atoms with E-state index in [4.69, 9.17) is 4.74 Å². The Balaban J connectivity index is 1.88. The van der Waals surface area contributed by atoms with E-state index < -0.39 is 0 Å². The second-order valence-corrected chi connectivity index (χ2v) is 7.93. The van der Waals surface area contributed by atoms with Crippen LogP contribution in [0.25, 0.3) is 10.7 Å². The van der Waals surface area contributed by atoms with Gasteiger partial charge in [-0.2, -0.15) is 0 Å². The first-order valence-corrected chi connectivity index (χ1v) is 9.41. The predicted molar refractivity (Wildman–Crippen MR) is 97.9 cm³/mol. The van der Waals surface area contributed by atoms with Gasteiger partial charge in [0.1, 0.15) is 15.6 Å². The van der Waals surface area contributed by atoms with Gasteiger partial charge >= 0.3 is 0 Å². The summed E-state index contributed by atoms with van der Waals surface area (Å²) in [6.45, 7) is 11.3. The number of aryl methyl sites for hydroxylation is 1. The van der Waals surface area contributed by atoms with Gasteiger partial charge in [-0.3, -0.25) is 9.78 Å². The van der Waals surface area contributed by atoms with Crippen LogP contribution in [0.15, 0.2) is 12.4 Å². The molecule has 0 N–H and O–H groups in total. The zero-order chi connectivity index (χ0) is 18.1. The first-order chi connectivity index (χ1) is 11.8. The lowest BCUT2D eigenvalue weighted by atomic mass is 10.1. The van der Waals surface area contributed by atoms with Crippen LogP contribution >= 0.6 is 11.3 Å². The minimum atomic E-state index is 0.0115. The highest BCUT2D eigenvalue weighted by molar-refractivity contribution is 7.16. The van der Waals surface area contributed by atoms with E-state index in [1.54, 1.807) is 12.4 Å². The van der Waals surface area contributed by atoms with Crippen molar-refractivity contribution in [3.63, 3.8) is 0 Å². The number of amides is 1. The summed E-state index contributed by atoms with van der Waals surface area (Å²) in [6.07, 6.45) is 3.53. The van der Waals surface area contributed by atoms with Crippen molar-refractivity contribution >= 4 is 17.2 Å². The molecule has 2 atom stereocenters. The van der Waals surface area contributed by atoms with Gasteiger partial charge in [0.05, 0.1) is 29.8 Å². The van der Waals surface area contributed by atoms with Gasteiger partial charge in [0, 0.05) is 19.3 Å². The van der Waals surface area contributed by atoms with Crippen LogP contribution < -0.4 is 0 Å². The SMILES string of the molecule is Cc1cnc(C(C)C)c(-c2ncc(C(=O)N3C[C@@H](C)O[C@@H](C)C3)s2)n1. The highest BCUT2D eigenvalue weighted by Crippen LogP contribution is 2.30. The first-order valence-electron chi connectivity index (χ1n) is 8.59. The molecule has 0 aromatic carbocycles. The van der Waals surface area contributed by atoms with Crippen LogP contribution in [-0.4, -0.2) is 51.1 Å². The van der Waals surface area contributed by atoms with Crippen molar-refractivity contribution in [2.24, 2.45) is 0 Å². The van der Waals surface area contributed by atoms with Crippen LogP contribution in [0.2, 0.25) is 0 Å². The molecule has 0 unspecified atom stereocenters. The molecule has 0 radical (unpaired) electrons. The van der Waals surface area contributed by atoms with Crippen LogP contribution in [0.5, 0.6) is 0 Å². The summed E-state index contributed by atoms with van der Waals surface area (Å²) in [6, 6.07) is 0. The Hall–Kier alpha value is -1.86. The van der Waals surface area contributed by atoms with E-state index in [1.807, 2.05) is 25.7 Å². The number of thiazole rings is 1. The first kappa shape index (κ1) is 17.9. The van der Waals surface area contributed by atoms with Crippen LogP contribution in [0.1, 0.15) is 54.7 Å². The number of ether oxygens (including phenoxy) is 1. The van der Waals surface area contributed by atoms with E-state index in [0.717, 1.165) is 22.1 Å². The molecule has 0 bridgehead atoms. The van der Waals surface area contributed by atoms with Gasteiger partial charge < -0.3 is 9.64 Å². The molecule has 7 heteroatoms. The van der Waals surface area contributed by atoms with Crippen molar-refractivity contribution < 1.29 is 9.53 Å². The van der Waals surface area contributed by atoms with Gasteiger partial charge in [-0.25, -0.2) is 9.97 Å². The molecule has 1 aliphatic heterocycles. The molecule has 0 saturated carbocycles. The Morgan fingerprint density at radius 3 is 2.56 bits per heavy atom. The third-order valence-corrected chi connectivity index (χ3v) is 5.09. The van der Waals surface area contributed by atoms with Crippen LogP contribution in [0.3, 0.4) is 0 Å². The zero-order valence-electron chi connectivity index (χ0n) is 15.3. The number of rotatable bonds is 3. The topological polar surface area (TPSA) is 68.2 Å². The second kappa shape index (κ2) is 7.17. The fraction of sp³-hybridized carbons (Fsp3) is 0.556. The summed E-state index contributed by atoms with van der Waals surface area (Å²) >= 11 is 1.38. The number of hydrogen-bond donors (Lipinski definition) is 0. The van der Waals surface area contributed by atoms with Crippen LogP contribution in [0.4, 0.5) is 0 Å². The van der Waals surface area contributed by atoms with Crippen molar-refractivity contribution in [2.75, 3.05) is 13.1 Å². The van der Waals surface area contributed by atoms with Crippen LogP contribution in [-0.2, 0) is 4.74 Å². The monoisotopic (exact) mass is 360 g/mol. The molecule has 3 rings (SSSR count). The van der Waals surface area contributed by atoms with Crippen molar-refractivity contribution in [2.45, 2.75) is 52.7 Å². The molecule has 1 fully saturated rings. The molecule has 3 heterocycles. The average Bonchev–Trinajstić information content (AvgIpc) is 3.02. The van der Waals surface area contributed by atoms with Gasteiger partial charge in [-0.15, -0.1) is 11.3 Å². The maximum atomic E-state index is 12.8. The second-order valence-electron chi connectivity index (χ2n) is 6.90. The average molecular weight is 360 g/mol. The minimum absolute atomic E-state index is 0.0115. The molecular formula is C18H24N4O2S. The van der Waals surface area contributed by atoms with E-state index in [2.05, 4.69) is 28.8 Å². The summed E-state index contributed by atoms with van der Waals surface area (Å²) in [5, 5.41) is 0.748. The zero-order valence-corrected chi connectivity index (χ0v) is 16.1. The Morgan fingerprint density at radius 1 is 1.24 bits per heavy atom. The highest BCUT2D eigenvalue weighted by atomic mass is 32.1. The standard InChI is InChI=1S/C18H24N4O2S/c1-10(2)15-16(21-11(3)6-19-15)17-20-7-14(25-17)18(23)22-8-12(4)24-13(5)9-22/h6-7,10,12-13H,8-9H2,1-5H3/t12-,13+. The summed E-state index contributed by atoms with van der Waals surface area (Å²) in [7, 11) is 0. The van der Waals surface area contributed by atoms with Gasteiger partial charge in [-0.1, -0.05) is 13.8 Å². The minimum Gasteiger partial charge on any atom is -0.372 e. The van der Waals surface area contributed by atoms with Crippen molar-refractivity contribution in [3.05, 3.63) is 28.7 Å². The largest absolute Gasteiger partial charge is 0.372 e. The Kier molecular flexibility index (Phi) is 5.15. The number of hydrogen-bond acceptors (Lipinski definition) is 6. The molecule has 2 aromatic rings.